The molecular formula is C13H20O2. The Balaban J connectivity index is 1.79. The van der Waals surface area contributed by atoms with E-state index in [4.69, 9.17) is 4.74 Å². The van der Waals surface area contributed by atoms with Gasteiger partial charge in [-0.15, -0.1) is 0 Å². The molecule has 15 heavy (non-hydrogen) atoms. The zero-order chi connectivity index (χ0) is 10.5. The minimum atomic E-state index is 0.0475. The monoisotopic (exact) mass is 208 g/mol. The maximum atomic E-state index is 11.8. The van der Waals surface area contributed by atoms with Gasteiger partial charge in [-0.2, -0.15) is 0 Å². The van der Waals surface area contributed by atoms with Crippen LogP contribution in [0.1, 0.15) is 51.4 Å². The van der Waals surface area contributed by atoms with Gasteiger partial charge in [-0.1, -0.05) is 25.3 Å². The van der Waals surface area contributed by atoms with Gasteiger partial charge in [0.2, 0.25) is 0 Å². The normalized spacial score (nSPS) is 27.6. The Morgan fingerprint density at radius 2 is 1.87 bits per heavy atom. The van der Waals surface area contributed by atoms with E-state index >= 15 is 0 Å². The Hall–Kier alpha value is -0.790. The first-order valence-electron chi connectivity index (χ1n) is 6.23. The van der Waals surface area contributed by atoms with E-state index in [2.05, 4.69) is 6.08 Å². The molecule has 2 aliphatic carbocycles. The van der Waals surface area contributed by atoms with Gasteiger partial charge in [0.05, 0.1) is 5.92 Å². The molecule has 0 bridgehead atoms. The fraction of sp³-hybridized carbons (Fsp3) is 0.769. The van der Waals surface area contributed by atoms with Crippen LogP contribution < -0.4 is 0 Å². The quantitative estimate of drug-likeness (QED) is 0.514. The van der Waals surface area contributed by atoms with Gasteiger partial charge in [0, 0.05) is 0 Å². The maximum Gasteiger partial charge on any atom is 0.309 e. The second-order valence-corrected chi connectivity index (χ2v) is 4.67. The molecule has 2 rings (SSSR count). The van der Waals surface area contributed by atoms with Crippen molar-refractivity contribution in [3.8, 4) is 0 Å². The number of allylic oxidation sites excluding steroid dienone is 1. The third-order valence-electron chi connectivity index (χ3n) is 3.42. The fourth-order valence-electron chi connectivity index (χ4n) is 2.46. The first kappa shape index (κ1) is 10.7. The lowest BCUT2D eigenvalue weighted by Crippen LogP contribution is -2.25. The van der Waals surface area contributed by atoms with E-state index in [1.54, 1.807) is 0 Å². The first-order chi connectivity index (χ1) is 7.36. The van der Waals surface area contributed by atoms with Crippen LogP contribution in [0.5, 0.6) is 0 Å². The van der Waals surface area contributed by atoms with E-state index in [1.807, 2.05) is 6.08 Å². The number of esters is 1. The molecule has 2 aliphatic rings. The molecule has 0 saturated heterocycles. The van der Waals surface area contributed by atoms with Gasteiger partial charge in [-0.05, 0) is 38.2 Å². The van der Waals surface area contributed by atoms with Crippen molar-refractivity contribution in [1.29, 1.82) is 0 Å². The van der Waals surface area contributed by atoms with Crippen molar-refractivity contribution < 1.29 is 9.53 Å². The third kappa shape index (κ3) is 3.08. The van der Waals surface area contributed by atoms with Crippen LogP contribution in [-0.4, -0.2) is 12.1 Å². The van der Waals surface area contributed by atoms with Crippen LogP contribution in [0.15, 0.2) is 12.2 Å². The minimum absolute atomic E-state index is 0.0475. The predicted octanol–water partition coefficient (Wildman–Crippen LogP) is 3.22. The number of hydrogen-bond acceptors (Lipinski definition) is 2. The highest BCUT2D eigenvalue weighted by atomic mass is 16.5. The maximum absolute atomic E-state index is 11.8. The van der Waals surface area contributed by atoms with Crippen molar-refractivity contribution in [2.45, 2.75) is 57.5 Å². The van der Waals surface area contributed by atoms with E-state index < -0.39 is 0 Å². The number of carbonyl (C=O) groups excluding carboxylic acids is 1. The molecule has 1 atom stereocenters. The summed E-state index contributed by atoms with van der Waals surface area (Å²) in [5, 5.41) is 0. The number of ether oxygens (including phenoxy) is 1. The Bertz CT molecular complexity index is 239. The molecule has 0 N–H and O–H groups in total. The SMILES string of the molecule is O=C(OC1C=CCCC1)C1CCCCC1. The molecular weight excluding hydrogens is 188 g/mol. The van der Waals surface area contributed by atoms with Crippen molar-refractivity contribution in [2.75, 3.05) is 0 Å². The number of hydrogen-bond donors (Lipinski definition) is 0. The van der Waals surface area contributed by atoms with Gasteiger partial charge in [0.1, 0.15) is 6.10 Å². The minimum Gasteiger partial charge on any atom is -0.458 e. The second kappa shape index (κ2) is 5.34. The summed E-state index contributed by atoms with van der Waals surface area (Å²) >= 11 is 0. The molecule has 0 spiro atoms. The largest absolute Gasteiger partial charge is 0.458 e. The molecule has 2 heteroatoms. The highest BCUT2D eigenvalue weighted by molar-refractivity contribution is 5.72. The molecule has 1 saturated carbocycles. The molecule has 0 amide bonds. The lowest BCUT2D eigenvalue weighted by molar-refractivity contribution is -0.153. The summed E-state index contributed by atoms with van der Waals surface area (Å²) in [5.41, 5.74) is 0. The van der Waals surface area contributed by atoms with Crippen LogP contribution in [0, 0.1) is 5.92 Å². The number of rotatable bonds is 2. The van der Waals surface area contributed by atoms with Crippen LogP contribution in [0.4, 0.5) is 0 Å². The predicted molar refractivity (Wildman–Crippen MR) is 59.4 cm³/mol. The summed E-state index contributed by atoms with van der Waals surface area (Å²) in [4.78, 5) is 11.8. The molecule has 0 radical (unpaired) electrons. The van der Waals surface area contributed by atoms with E-state index in [0.717, 1.165) is 32.1 Å². The van der Waals surface area contributed by atoms with Gasteiger partial charge >= 0.3 is 5.97 Å². The van der Waals surface area contributed by atoms with Crippen LogP contribution in [0.2, 0.25) is 0 Å². The Kier molecular flexibility index (Phi) is 3.81. The van der Waals surface area contributed by atoms with E-state index in [-0.39, 0.29) is 18.0 Å². The topological polar surface area (TPSA) is 26.3 Å². The summed E-state index contributed by atoms with van der Waals surface area (Å²) in [5.74, 6) is 0.236. The molecule has 1 unspecified atom stereocenters. The third-order valence-corrected chi connectivity index (χ3v) is 3.42. The fourth-order valence-corrected chi connectivity index (χ4v) is 2.46. The molecule has 0 aromatic rings. The molecule has 2 nitrogen and oxygen atoms in total. The van der Waals surface area contributed by atoms with Gasteiger partial charge in [0.25, 0.3) is 0 Å². The van der Waals surface area contributed by atoms with Gasteiger partial charge in [-0.3, -0.25) is 4.79 Å². The zero-order valence-electron chi connectivity index (χ0n) is 9.28. The number of carbonyl (C=O) groups is 1. The van der Waals surface area contributed by atoms with Crippen LogP contribution in [0.25, 0.3) is 0 Å². The van der Waals surface area contributed by atoms with Crippen molar-refractivity contribution in [1.82, 2.24) is 0 Å². The van der Waals surface area contributed by atoms with Gasteiger partial charge in [0.15, 0.2) is 0 Å². The lowest BCUT2D eigenvalue weighted by atomic mass is 9.89. The van der Waals surface area contributed by atoms with Gasteiger partial charge < -0.3 is 4.74 Å². The average Bonchev–Trinajstić information content (AvgIpc) is 2.31. The van der Waals surface area contributed by atoms with Crippen molar-refractivity contribution in [3.63, 3.8) is 0 Å². The van der Waals surface area contributed by atoms with Crippen molar-refractivity contribution in [2.24, 2.45) is 5.92 Å². The smallest absolute Gasteiger partial charge is 0.309 e. The van der Waals surface area contributed by atoms with E-state index in [0.29, 0.717) is 0 Å². The summed E-state index contributed by atoms with van der Waals surface area (Å²) in [6.07, 6.45) is 13.3. The summed E-state index contributed by atoms with van der Waals surface area (Å²) in [6.45, 7) is 0. The lowest BCUT2D eigenvalue weighted by Gasteiger charge is -2.23. The van der Waals surface area contributed by atoms with E-state index in [9.17, 15) is 4.79 Å². The van der Waals surface area contributed by atoms with Crippen LogP contribution in [-0.2, 0) is 9.53 Å². The average molecular weight is 208 g/mol. The molecule has 0 aromatic carbocycles. The Morgan fingerprint density at radius 1 is 1.07 bits per heavy atom. The van der Waals surface area contributed by atoms with Gasteiger partial charge in [-0.25, -0.2) is 0 Å². The highest BCUT2D eigenvalue weighted by Crippen LogP contribution is 2.26. The summed E-state index contributed by atoms with van der Waals surface area (Å²) in [7, 11) is 0. The molecule has 1 fully saturated rings. The Labute approximate surface area is 91.7 Å². The molecule has 0 aliphatic heterocycles. The standard InChI is InChI=1S/C13H20O2/c14-13(11-7-3-1-4-8-11)15-12-9-5-2-6-10-12/h5,9,11-12H,1-4,6-8,10H2. The Morgan fingerprint density at radius 3 is 2.53 bits per heavy atom. The summed E-state index contributed by atoms with van der Waals surface area (Å²) < 4.78 is 5.51. The van der Waals surface area contributed by atoms with Crippen LogP contribution >= 0.6 is 0 Å². The highest BCUT2D eigenvalue weighted by Gasteiger charge is 2.24. The van der Waals surface area contributed by atoms with E-state index in [1.165, 1.54) is 19.3 Å². The molecule has 0 heterocycles. The van der Waals surface area contributed by atoms with Crippen LogP contribution in [0.3, 0.4) is 0 Å². The van der Waals surface area contributed by atoms with Crippen molar-refractivity contribution in [3.05, 3.63) is 12.2 Å². The first-order valence-corrected chi connectivity index (χ1v) is 6.23. The zero-order valence-corrected chi connectivity index (χ0v) is 9.28. The molecule has 84 valence electrons. The molecule has 0 aromatic heterocycles. The summed E-state index contributed by atoms with van der Waals surface area (Å²) in [6, 6.07) is 0. The second-order valence-electron chi connectivity index (χ2n) is 4.67. The van der Waals surface area contributed by atoms with Crippen molar-refractivity contribution >= 4 is 5.97 Å².